The number of anilines is 2. The topological polar surface area (TPSA) is 272 Å². The number of nitrogen functional groups attached to an aromatic ring is 2. The summed E-state index contributed by atoms with van der Waals surface area (Å²) in [5.41, 5.74) is 12.4. The number of nitrogens with one attached hydrogen (secondary N) is 1. The first-order chi connectivity index (χ1) is 20.9. The quantitative estimate of drug-likeness (QED) is 0.146. The molecule has 236 valence electrons. The van der Waals surface area contributed by atoms with Crippen molar-refractivity contribution in [1.29, 1.82) is 0 Å². The third-order valence-electron chi connectivity index (χ3n) is 7.25. The Morgan fingerprint density at radius 1 is 0.955 bits per heavy atom. The van der Waals surface area contributed by atoms with Crippen LogP contribution >= 0.6 is 6.72 Å². The molecule has 0 spiro atoms. The molecule has 7 N–H and O–H groups in total. The average molecular weight is 676 g/mol. The number of rotatable bonds is 2. The molecule has 9 atom stereocenters. The Morgan fingerprint density at radius 3 is 2.18 bits per heavy atom. The van der Waals surface area contributed by atoms with E-state index in [-0.39, 0.29) is 34.0 Å². The fraction of sp³-hybridized carbons (Fsp3) is 0.500. The fourth-order valence-electron chi connectivity index (χ4n) is 5.24. The summed E-state index contributed by atoms with van der Waals surface area (Å²) < 4.78 is 74.8. The van der Waals surface area contributed by atoms with Crippen LogP contribution in [-0.2, 0) is 44.8 Å². The van der Waals surface area contributed by atoms with Crippen LogP contribution in [0.4, 0.5) is 16.0 Å². The second-order valence-corrected chi connectivity index (χ2v) is 14.1. The highest BCUT2D eigenvalue weighted by molar-refractivity contribution is 8.07. The minimum atomic E-state index is -4.65. The number of aromatic nitrogens is 8. The second kappa shape index (κ2) is 10.8. The van der Waals surface area contributed by atoms with Gasteiger partial charge in [0, 0.05) is 6.54 Å². The minimum Gasteiger partial charge on any atom is -0.386 e. The van der Waals surface area contributed by atoms with E-state index in [1.165, 1.54) is 28.1 Å². The Kier molecular flexibility index (Phi) is 7.25. The van der Waals surface area contributed by atoms with Crippen molar-refractivity contribution in [1.82, 2.24) is 43.8 Å². The highest BCUT2D eigenvalue weighted by Crippen LogP contribution is 2.50. The summed E-state index contributed by atoms with van der Waals surface area (Å²) in [5.74, 6) is 0.113. The van der Waals surface area contributed by atoms with E-state index in [4.69, 9.17) is 46.0 Å². The molecule has 0 aliphatic carbocycles. The van der Waals surface area contributed by atoms with Gasteiger partial charge in [0.1, 0.15) is 54.2 Å². The van der Waals surface area contributed by atoms with E-state index in [1.54, 1.807) is 0 Å². The molecule has 4 aromatic rings. The normalized spacial score (nSPS) is 36.1. The molecule has 0 radical (unpaired) electrons. The first-order valence-electron chi connectivity index (χ1n) is 12.7. The van der Waals surface area contributed by atoms with Crippen molar-refractivity contribution in [3.63, 3.8) is 0 Å². The number of halogens is 1. The van der Waals surface area contributed by atoms with Gasteiger partial charge in [0.15, 0.2) is 41.6 Å². The van der Waals surface area contributed by atoms with Crippen LogP contribution in [0.5, 0.6) is 0 Å². The van der Waals surface area contributed by atoms with Crippen LogP contribution in [0.25, 0.3) is 22.3 Å². The smallest absolute Gasteiger partial charge is 0.336 e. The van der Waals surface area contributed by atoms with Crippen LogP contribution in [0.15, 0.2) is 25.3 Å². The molecule has 0 aromatic carbocycles. The number of hydrogen-bond donors (Lipinski definition) is 5. The predicted octanol–water partition coefficient (Wildman–Crippen LogP) is -1.82. The number of aliphatic hydroxyl groups excluding tert-OH is 1. The van der Waals surface area contributed by atoms with Crippen LogP contribution in [0.2, 0.25) is 0 Å². The van der Waals surface area contributed by atoms with Crippen molar-refractivity contribution < 1.29 is 45.5 Å². The molecule has 0 saturated carbocycles. The van der Waals surface area contributed by atoms with Crippen molar-refractivity contribution in [3.05, 3.63) is 25.3 Å². The van der Waals surface area contributed by atoms with Crippen LogP contribution in [-0.4, -0.2) is 107 Å². The van der Waals surface area contributed by atoms with E-state index in [0.29, 0.717) is 0 Å². The van der Waals surface area contributed by atoms with Gasteiger partial charge in [0.2, 0.25) is 0 Å². The number of imidazole rings is 2. The van der Waals surface area contributed by atoms with E-state index in [1.807, 2.05) is 0 Å². The number of aliphatic hydroxyl groups is 1. The van der Waals surface area contributed by atoms with Crippen LogP contribution in [0.3, 0.4) is 0 Å². The van der Waals surface area contributed by atoms with E-state index >= 15 is 4.39 Å². The molecule has 44 heavy (non-hydrogen) atoms. The number of nitrogens with two attached hydrogens (primary N) is 2. The molecular formula is C20H23FN11O9PS2. The standard InChI is InChI=1S/C20H23FN11O9PS2/c21-9-13-7(38-19(9)31-5-28-10-15(22)24-3-26-17(10)31)1-30-44(35,36)41-14-8(2-37-42(34,43)40-13)39-20(12(14)33)32-6-29-11-16(23)25-4-27-18(11)32/h3-9,12-14,19-20,30,33H,1-2H2,(H,34,43)(H2,22,24,26)(H2,23,25,27)/t7-,8-,9-,12-,13-,14-,19-,20-,42?/m1/s1. The molecular weight excluding hydrogens is 652 g/mol. The molecule has 3 aliphatic rings. The minimum absolute atomic E-state index is 0.0462. The number of alkyl halides is 1. The van der Waals surface area contributed by atoms with E-state index in [0.717, 1.165) is 6.33 Å². The van der Waals surface area contributed by atoms with Crippen LogP contribution in [0.1, 0.15) is 12.5 Å². The molecule has 3 aliphatic heterocycles. The zero-order valence-corrected chi connectivity index (χ0v) is 24.5. The van der Waals surface area contributed by atoms with Crippen molar-refractivity contribution in [2.45, 2.75) is 49.1 Å². The lowest BCUT2D eigenvalue weighted by Gasteiger charge is -2.28. The summed E-state index contributed by atoms with van der Waals surface area (Å²) in [4.78, 5) is 35.0. The molecule has 0 amide bonds. The maximum Gasteiger partial charge on any atom is 0.336 e. The van der Waals surface area contributed by atoms with Gasteiger partial charge in [0.05, 0.1) is 19.3 Å². The molecule has 3 fully saturated rings. The Morgan fingerprint density at radius 2 is 1.55 bits per heavy atom. The summed E-state index contributed by atoms with van der Waals surface area (Å²) in [5, 5.41) is 11.1. The van der Waals surface area contributed by atoms with Gasteiger partial charge < -0.3 is 35.5 Å². The maximum atomic E-state index is 15.9. The van der Waals surface area contributed by atoms with Gasteiger partial charge in [-0.1, -0.05) is 0 Å². The number of ether oxygens (including phenoxy) is 2. The highest BCUT2D eigenvalue weighted by Gasteiger charge is 2.53. The largest absolute Gasteiger partial charge is 0.386 e. The third kappa shape index (κ3) is 5.08. The molecule has 20 nitrogen and oxygen atoms in total. The van der Waals surface area contributed by atoms with Gasteiger partial charge in [-0.3, -0.25) is 13.7 Å². The molecule has 24 heteroatoms. The predicted molar refractivity (Wildman–Crippen MR) is 147 cm³/mol. The maximum absolute atomic E-state index is 15.9. The van der Waals surface area contributed by atoms with Crippen LogP contribution < -0.4 is 16.2 Å². The zero-order chi connectivity index (χ0) is 31.0. The van der Waals surface area contributed by atoms with Gasteiger partial charge in [-0.15, -0.1) is 0 Å². The van der Waals surface area contributed by atoms with Gasteiger partial charge in [-0.25, -0.2) is 38.5 Å². The summed E-state index contributed by atoms with van der Waals surface area (Å²) in [6, 6.07) is 0. The Labute approximate surface area is 251 Å². The summed E-state index contributed by atoms with van der Waals surface area (Å²) in [6.45, 7) is -5.45. The first kappa shape index (κ1) is 29.6. The Hall–Kier alpha value is -3.09. The highest BCUT2D eigenvalue weighted by atomic mass is 32.5. The molecule has 1 unspecified atom stereocenters. The molecule has 3 saturated heterocycles. The van der Waals surface area contributed by atoms with Gasteiger partial charge >= 0.3 is 17.0 Å². The molecule has 7 rings (SSSR count). The number of fused-ring (bicyclic) bond motifs is 4. The Balaban J connectivity index is 1.17. The van der Waals surface area contributed by atoms with E-state index < -0.39 is 79.3 Å². The van der Waals surface area contributed by atoms with Crippen molar-refractivity contribution in [2.24, 2.45) is 0 Å². The zero-order valence-electron chi connectivity index (χ0n) is 22.0. The lowest BCUT2D eigenvalue weighted by molar-refractivity contribution is -0.0511. The SMILES string of the molecule is Nc1ncnc2c1ncn2[C@@H]1O[C@@H]2COP(O)(=S)O[C@H]3[C@@H](F)[C@H](n4cnc5c(N)ncnc54)O[C@@H]3CNS(=O)(=O)O[C@H]2[C@H]1O. The lowest BCUT2D eigenvalue weighted by atomic mass is 10.1. The molecule has 4 aromatic heterocycles. The third-order valence-corrected chi connectivity index (χ3v) is 9.81. The van der Waals surface area contributed by atoms with Crippen molar-refractivity contribution >= 4 is 62.8 Å². The lowest BCUT2D eigenvalue weighted by Crippen LogP contribution is -2.45. The number of nitrogens with zero attached hydrogens (tertiary/aromatic N) is 8. The summed E-state index contributed by atoms with van der Waals surface area (Å²) in [7, 11) is -4.65. The first-order valence-corrected chi connectivity index (χ1v) is 16.7. The fourth-order valence-corrected chi connectivity index (χ4v) is 7.64. The van der Waals surface area contributed by atoms with Crippen molar-refractivity contribution in [3.8, 4) is 0 Å². The summed E-state index contributed by atoms with van der Waals surface area (Å²) >= 11 is 5.16. The Bertz CT molecular complexity index is 1900. The average Bonchev–Trinajstić information content (AvgIpc) is 3.73. The van der Waals surface area contributed by atoms with Crippen LogP contribution in [0, 0.1) is 0 Å². The monoisotopic (exact) mass is 675 g/mol. The van der Waals surface area contributed by atoms with Gasteiger partial charge in [0.25, 0.3) is 0 Å². The number of hydrogen-bond acceptors (Lipinski definition) is 17. The van der Waals surface area contributed by atoms with Crippen molar-refractivity contribution in [2.75, 3.05) is 24.6 Å². The van der Waals surface area contributed by atoms with E-state index in [9.17, 15) is 18.4 Å². The van der Waals surface area contributed by atoms with E-state index in [2.05, 4.69) is 34.6 Å². The molecule has 7 heterocycles. The van der Waals surface area contributed by atoms with Gasteiger partial charge in [-0.2, -0.15) is 13.1 Å². The van der Waals surface area contributed by atoms with Gasteiger partial charge in [-0.05, 0) is 11.8 Å². The summed E-state index contributed by atoms with van der Waals surface area (Å²) in [6.07, 6.45) is -7.43. The second-order valence-electron chi connectivity index (χ2n) is 9.93. The molecule has 0 bridgehead atoms.